The van der Waals surface area contributed by atoms with Crippen LogP contribution in [0, 0.1) is 0 Å². The molecule has 1 aromatic rings. The fraction of sp³-hybridized carbons (Fsp3) is 0.750. The molecule has 0 aromatic carbocycles. The van der Waals surface area contributed by atoms with Crippen LogP contribution in [-0.2, 0) is 11.8 Å². The predicted molar refractivity (Wildman–Crippen MR) is 85.6 cm³/mol. The van der Waals surface area contributed by atoms with Crippen LogP contribution in [0.3, 0.4) is 0 Å². The minimum Gasteiger partial charge on any atom is -0.444 e. The summed E-state index contributed by atoms with van der Waals surface area (Å²) in [5, 5.41) is 7.81. The van der Waals surface area contributed by atoms with Gasteiger partial charge in [0, 0.05) is 38.4 Å². The third-order valence-electron chi connectivity index (χ3n) is 3.86. The third-order valence-corrected chi connectivity index (χ3v) is 3.86. The molecule has 1 saturated heterocycles. The van der Waals surface area contributed by atoms with E-state index in [-0.39, 0.29) is 18.2 Å². The maximum absolute atomic E-state index is 12.2. The number of hydrogen-bond donors (Lipinski definition) is 1. The molecule has 1 N–H and O–H groups in total. The van der Waals surface area contributed by atoms with E-state index in [0.29, 0.717) is 6.54 Å². The first-order valence-corrected chi connectivity index (χ1v) is 7.98. The summed E-state index contributed by atoms with van der Waals surface area (Å²) in [6.45, 7) is 9.28. The summed E-state index contributed by atoms with van der Waals surface area (Å²) in [5.74, 6) is 0. The highest BCUT2D eigenvalue weighted by Gasteiger charge is 2.28. The van der Waals surface area contributed by atoms with Crippen molar-refractivity contribution in [1.82, 2.24) is 20.0 Å². The second-order valence-corrected chi connectivity index (χ2v) is 7.03. The number of hydrogen-bond acceptors (Lipinski definition) is 4. The van der Waals surface area contributed by atoms with Crippen molar-refractivity contribution >= 4 is 6.09 Å². The minimum absolute atomic E-state index is 0.205. The van der Waals surface area contributed by atoms with Gasteiger partial charge in [0.15, 0.2) is 0 Å². The lowest BCUT2D eigenvalue weighted by molar-refractivity contribution is 0.0183. The van der Waals surface area contributed by atoms with Gasteiger partial charge in [-0.3, -0.25) is 4.68 Å². The molecule has 0 saturated carbocycles. The van der Waals surface area contributed by atoms with Gasteiger partial charge >= 0.3 is 6.09 Å². The van der Waals surface area contributed by atoms with Gasteiger partial charge in [0.25, 0.3) is 0 Å². The molecule has 0 aliphatic carbocycles. The Bertz CT molecular complexity index is 506. The van der Waals surface area contributed by atoms with Crippen molar-refractivity contribution in [2.45, 2.75) is 58.2 Å². The number of nitrogens with zero attached hydrogens (tertiary/aromatic N) is 3. The lowest BCUT2D eigenvalue weighted by atomic mass is 10.0. The summed E-state index contributed by atoms with van der Waals surface area (Å²) in [4.78, 5) is 14.0. The SMILES string of the molecule is CC(NC1CCCN(C(=O)OC(C)(C)C)C1)c1ccnn1C. The van der Waals surface area contributed by atoms with E-state index in [4.69, 9.17) is 4.74 Å². The summed E-state index contributed by atoms with van der Waals surface area (Å²) < 4.78 is 7.35. The van der Waals surface area contributed by atoms with Crippen LogP contribution in [0.2, 0.25) is 0 Å². The van der Waals surface area contributed by atoms with Gasteiger partial charge in [0.05, 0.1) is 5.69 Å². The van der Waals surface area contributed by atoms with Crippen LogP contribution in [0.25, 0.3) is 0 Å². The average Bonchev–Trinajstić information content (AvgIpc) is 2.83. The first kappa shape index (κ1) is 16.8. The predicted octanol–water partition coefficient (Wildman–Crippen LogP) is 2.47. The Labute approximate surface area is 132 Å². The molecule has 22 heavy (non-hydrogen) atoms. The molecule has 2 atom stereocenters. The number of aryl methyl sites for hydroxylation is 1. The summed E-state index contributed by atoms with van der Waals surface area (Å²) in [7, 11) is 1.95. The Morgan fingerprint density at radius 3 is 2.82 bits per heavy atom. The van der Waals surface area contributed by atoms with Crippen LogP contribution in [0.1, 0.15) is 52.3 Å². The molecule has 1 aromatic heterocycles. The fourth-order valence-electron chi connectivity index (χ4n) is 2.85. The van der Waals surface area contributed by atoms with Crippen LogP contribution in [0.4, 0.5) is 4.79 Å². The molecule has 6 heteroatoms. The molecule has 2 unspecified atom stereocenters. The molecule has 1 amide bonds. The highest BCUT2D eigenvalue weighted by molar-refractivity contribution is 5.68. The van der Waals surface area contributed by atoms with E-state index >= 15 is 0 Å². The van der Waals surface area contributed by atoms with E-state index in [1.54, 1.807) is 6.20 Å². The second-order valence-electron chi connectivity index (χ2n) is 7.03. The number of ether oxygens (including phenoxy) is 1. The Balaban J connectivity index is 1.91. The van der Waals surface area contributed by atoms with E-state index in [0.717, 1.165) is 25.1 Å². The number of carbonyl (C=O) groups excluding carboxylic acids is 1. The van der Waals surface area contributed by atoms with E-state index in [1.165, 1.54) is 0 Å². The molecular weight excluding hydrogens is 280 g/mol. The van der Waals surface area contributed by atoms with Crippen LogP contribution < -0.4 is 5.32 Å². The Morgan fingerprint density at radius 2 is 2.23 bits per heavy atom. The monoisotopic (exact) mass is 308 g/mol. The zero-order chi connectivity index (χ0) is 16.3. The summed E-state index contributed by atoms with van der Waals surface area (Å²) in [6, 6.07) is 2.51. The smallest absolute Gasteiger partial charge is 0.410 e. The van der Waals surface area contributed by atoms with Crippen molar-refractivity contribution in [2.75, 3.05) is 13.1 Å². The van der Waals surface area contributed by atoms with Gasteiger partial charge in [0.2, 0.25) is 0 Å². The van der Waals surface area contributed by atoms with Crippen LogP contribution in [0.15, 0.2) is 12.3 Å². The lowest BCUT2D eigenvalue weighted by Crippen LogP contribution is -2.49. The first-order valence-electron chi connectivity index (χ1n) is 7.98. The van der Waals surface area contributed by atoms with Crippen molar-refractivity contribution in [3.05, 3.63) is 18.0 Å². The van der Waals surface area contributed by atoms with Crippen molar-refractivity contribution in [2.24, 2.45) is 7.05 Å². The van der Waals surface area contributed by atoms with Gasteiger partial charge in [-0.2, -0.15) is 5.10 Å². The fourth-order valence-corrected chi connectivity index (χ4v) is 2.85. The lowest BCUT2D eigenvalue weighted by Gasteiger charge is -2.35. The number of aromatic nitrogens is 2. The Kier molecular flexibility index (Phi) is 5.11. The molecule has 2 heterocycles. The highest BCUT2D eigenvalue weighted by atomic mass is 16.6. The number of nitrogens with one attached hydrogen (secondary N) is 1. The Morgan fingerprint density at radius 1 is 1.50 bits per heavy atom. The first-order chi connectivity index (χ1) is 10.3. The molecule has 0 radical (unpaired) electrons. The number of carbonyl (C=O) groups is 1. The maximum atomic E-state index is 12.2. The van der Waals surface area contributed by atoms with Crippen LogP contribution in [0.5, 0.6) is 0 Å². The minimum atomic E-state index is -0.445. The summed E-state index contributed by atoms with van der Waals surface area (Å²) >= 11 is 0. The number of likely N-dealkylation sites (tertiary alicyclic amines) is 1. The van der Waals surface area contributed by atoms with Crippen LogP contribution in [-0.4, -0.2) is 45.5 Å². The zero-order valence-corrected chi connectivity index (χ0v) is 14.3. The second kappa shape index (κ2) is 6.69. The number of amides is 1. The van der Waals surface area contributed by atoms with Crippen LogP contribution >= 0.6 is 0 Å². The maximum Gasteiger partial charge on any atom is 0.410 e. The Hall–Kier alpha value is -1.56. The third kappa shape index (κ3) is 4.47. The largest absolute Gasteiger partial charge is 0.444 e. The molecule has 0 bridgehead atoms. The van der Waals surface area contributed by atoms with Gasteiger partial charge in [-0.1, -0.05) is 0 Å². The van der Waals surface area contributed by atoms with Gasteiger partial charge < -0.3 is 15.0 Å². The van der Waals surface area contributed by atoms with Gasteiger partial charge in [-0.25, -0.2) is 4.79 Å². The molecule has 124 valence electrons. The van der Waals surface area contributed by atoms with E-state index in [2.05, 4.69) is 17.3 Å². The zero-order valence-electron chi connectivity index (χ0n) is 14.3. The average molecular weight is 308 g/mol. The summed E-state index contributed by atoms with van der Waals surface area (Å²) in [5.41, 5.74) is 0.703. The summed E-state index contributed by atoms with van der Waals surface area (Å²) in [6.07, 6.45) is 3.66. The molecule has 0 spiro atoms. The van der Waals surface area contributed by atoms with Crippen molar-refractivity contribution in [3.8, 4) is 0 Å². The quantitative estimate of drug-likeness (QED) is 0.932. The van der Waals surface area contributed by atoms with Gasteiger partial charge in [-0.05, 0) is 46.6 Å². The number of rotatable bonds is 3. The highest BCUT2D eigenvalue weighted by Crippen LogP contribution is 2.18. The molecular formula is C16H28N4O2. The molecule has 1 aliphatic heterocycles. The normalized spacial score (nSPS) is 20.8. The van der Waals surface area contributed by atoms with Gasteiger partial charge in [-0.15, -0.1) is 0 Å². The molecule has 6 nitrogen and oxygen atoms in total. The number of piperidine rings is 1. The molecule has 1 fully saturated rings. The topological polar surface area (TPSA) is 59.4 Å². The van der Waals surface area contributed by atoms with Crippen molar-refractivity contribution in [3.63, 3.8) is 0 Å². The van der Waals surface area contributed by atoms with E-state index < -0.39 is 5.60 Å². The molecule has 1 aliphatic rings. The van der Waals surface area contributed by atoms with Gasteiger partial charge in [0.1, 0.15) is 5.60 Å². The standard InChI is InChI=1S/C16H28N4O2/c1-12(14-8-9-17-19(14)5)18-13-7-6-10-20(11-13)15(21)22-16(2,3)4/h8-9,12-13,18H,6-7,10-11H2,1-5H3. The van der Waals surface area contributed by atoms with E-state index in [1.807, 2.05) is 43.5 Å². The molecule has 2 rings (SSSR count). The van der Waals surface area contributed by atoms with E-state index in [9.17, 15) is 4.79 Å². The van der Waals surface area contributed by atoms with Crippen molar-refractivity contribution < 1.29 is 9.53 Å². The van der Waals surface area contributed by atoms with Crippen molar-refractivity contribution in [1.29, 1.82) is 0 Å².